The van der Waals surface area contributed by atoms with Crippen molar-refractivity contribution in [1.29, 1.82) is 0 Å². The molecule has 1 aliphatic rings. The predicted molar refractivity (Wildman–Crippen MR) is 113 cm³/mol. The Labute approximate surface area is 180 Å². The molecule has 1 aromatic heterocycles. The van der Waals surface area contributed by atoms with E-state index in [9.17, 15) is 4.79 Å². The fourth-order valence-corrected chi connectivity index (χ4v) is 3.81. The highest BCUT2D eigenvalue weighted by Crippen LogP contribution is 2.32. The van der Waals surface area contributed by atoms with Crippen LogP contribution >= 0.6 is 11.6 Å². The first-order chi connectivity index (χ1) is 14.6. The molecule has 1 fully saturated rings. The van der Waals surface area contributed by atoms with Crippen LogP contribution in [0.4, 0.5) is 0 Å². The Bertz CT molecular complexity index is 1000. The van der Waals surface area contributed by atoms with Crippen molar-refractivity contribution in [2.24, 2.45) is 0 Å². The lowest BCUT2D eigenvalue weighted by Crippen LogP contribution is -2.34. The number of nitrogens with zero attached hydrogens (tertiary/aromatic N) is 2. The van der Waals surface area contributed by atoms with Gasteiger partial charge < -0.3 is 18.8 Å². The van der Waals surface area contributed by atoms with Gasteiger partial charge in [0.2, 0.25) is 5.89 Å². The molecule has 6 nitrogen and oxygen atoms in total. The Balaban J connectivity index is 1.38. The predicted octanol–water partition coefficient (Wildman–Crippen LogP) is 4.67. The van der Waals surface area contributed by atoms with Crippen molar-refractivity contribution in [1.82, 2.24) is 9.88 Å². The van der Waals surface area contributed by atoms with Crippen molar-refractivity contribution in [2.45, 2.75) is 25.3 Å². The highest BCUT2D eigenvalue weighted by molar-refractivity contribution is 6.31. The van der Waals surface area contributed by atoms with E-state index in [4.69, 9.17) is 25.5 Å². The van der Waals surface area contributed by atoms with Crippen molar-refractivity contribution in [2.75, 3.05) is 20.3 Å². The third-order valence-corrected chi connectivity index (χ3v) is 5.54. The maximum Gasteiger partial charge on any atom is 0.261 e. The lowest BCUT2D eigenvalue weighted by atomic mass is 10.1. The van der Waals surface area contributed by atoms with E-state index in [2.05, 4.69) is 4.98 Å². The highest BCUT2D eigenvalue weighted by atomic mass is 35.5. The number of rotatable bonds is 7. The molecule has 0 N–H and O–H groups in total. The number of methoxy groups -OCH3 is 1. The molecule has 7 heteroatoms. The molecule has 0 aliphatic carbocycles. The lowest BCUT2D eigenvalue weighted by molar-refractivity contribution is -0.134. The van der Waals surface area contributed by atoms with Crippen LogP contribution in [-0.2, 0) is 11.2 Å². The number of aromatic nitrogens is 1. The third kappa shape index (κ3) is 4.60. The van der Waals surface area contributed by atoms with Gasteiger partial charge in [-0.05, 0) is 48.7 Å². The van der Waals surface area contributed by atoms with Gasteiger partial charge >= 0.3 is 0 Å². The minimum atomic E-state index is -0.169. The van der Waals surface area contributed by atoms with E-state index in [1.807, 2.05) is 24.3 Å². The number of halogens is 1. The van der Waals surface area contributed by atoms with Crippen molar-refractivity contribution in [3.8, 4) is 11.5 Å². The molecule has 2 heterocycles. The molecule has 4 rings (SSSR count). The molecule has 0 spiro atoms. The normalized spacial score (nSPS) is 15.9. The number of likely N-dealkylation sites (tertiary alicyclic amines) is 1. The Morgan fingerprint density at radius 2 is 1.97 bits per heavy atom. The number of hydrogen-bond donors (Lipinski definition) is 0. The van der Waals surface area contributed by atoms with Gasteiger partial charge in [0.15, 0.2) is 6.61 Å². The molecule has 2 aromatic carbocycles. The van der Waals surface area contributed by atoms with E-state index < -0.39 is 0 Å². The minimum Gasteiger partial charge on any atom is -0.497 e. The number of oxazole rings is 1. The van der Waals surface area contributed by atoms with E-state index in [-0.39, 0.29) is 18.6 Å². The second-order valence-corrected chi connectivity index (χ2v) is 7.55. The van der Waals surface area contributed by atoms with E-state index in [1.165, 1.54) is 0 Å². The summed E-state index contributed by atoms with van der Waals surface area (Å²) in [6, 6.07) is 14.6. The van der Waals surface area contributed by atoms with Crippen LogP contribution in [0, 0.1) is 0 Å². The fraction of sp³-hybridized carbons (Fsp3) is 0.304. The fourth-order valence-electron chi connectivity index (χ4n) is 3.61. The quantitative estimate of drug-likeness (QED) is 0.549. The first-order valence-electron chi connectivity index (χ1n) is 9.88. The zero-order valence-electron chi connectivity index (χ0n) is 16.7. The lowest BCUT2D eigenvalue weighted by Gasteiger charge is -2.22. The average Bonchev–Trinajstić information content (AvgIpc) is 3.43. The van der Waals surface area contributed by atoms with Crippen LogP contribution in [0.1, 0.15) is 36.1 Å². The molecule has 1 unspecified atom stereocenters. The first kappa shape index (κ1) is 20.3. The van der Waals surface area contributed by atoms with Gasteiger partial charge in [-0.1, -0.05) is 29.8 Å². The average molecular weight is 427 g/mol. The summed E-state index contributed by atoms with van der Waals surface area (Å²) in [5.41, 5.74) is 0.981. The van der Waals surface area contributed by atoms with Gasteiger partial charge in [-0.25, -0.2) is 4.98 Å². The van der Waals surface area contributed by atoms with Crippen LogP contribution in [0.25, 0.3) is 0 Å². The van der Waals surface area contributed by atoms with E-state index in [1.54, 1.807) is 42.5 Å². The Kier molecular flexibility index (Phi) is 6.23. The van der Waals surface area contributed by atoms with Gasteiger partial charge in [0.05, 0.1) is 13.3 Å². The smallest absolute Gasteiger partial charge is 0.261 e. The monoisotopic (exact) mass is 426 g/mol. The zero-order valence-corrected chi connectivity index (χ0v) is 17.5. The van der Waals surface area contributed by atoms with Crippen LogP contribution < -0.4 is 9.47 Å². The number of amides is 1. The Morgan fingerprint density at radius 1 is 1.20 bits per heavy atom. The van der Waals surface area contributed by atoms with E-state index in [0.717, 1.165) is 29.9 Å². The maximum atomic E-state index is 12.8. The molecule has 1 saturated heterocycles. The van der Waals surface area contributed by atoms with Gasteiger partial charge in [-0.3, -0.25) is 4.79 Å². The molecular formula is C23H23ClN2O4. The highest BCUT2D eigenvalue weighted by Gasteiger charge is 2.33. The van der Waals surface area contributed by atoms with Gasteiger partial charge in [0, 0.05) is 18.0 Å². The topological polar surface area (TPSA) is 64.8 Å². The summed E-state index contributed by atoms with van der Waals surface area (Å²) in [6.07, 6.45) is 4.00. The van der Waals surface area contributed by atoms with Gasteiger partial charge in [0.25, 0.3) is 5.91 Å². The summed E-state index contributed by atoms with van der Waals surface area (Å²) >= 11 is 6.24. The second kappa shape index (κ2) is 9.22. The van der Waals surface area contributed by atoms with Crippen molar-refractivity contribution in [3.63, 3.8) is 0 Å². The molecule has 156 valence electrons. The zero-order chi connectivity index (χ0) is 20.9. The van der Waals surface area contributed by atoms with Crippen LogP contribution in [-0.4, -0.2) is 36.1 Å². The van der Waals surface area contributed by atoms with Crippen LogP contribution in [0.3, 0.4) is 0 Å². The molecular weight excluding hydrogens is 404 g/mol. The van der Waals surface area contributed by atoms with Crippen LogP contribution in [0.2, 0.25) is 5.02 Å². The Morgan fingerprint density at radius 3 is 2.73 bits per heavy atom. The Hall–Kier alpha value is -2.99. The second-order valence-electron chi connectivity index (χ2n) is 7.14. The van der Waals surface area contributed by atoms with Gasteiger partial charge in [0.1, 0.15) is 23.3 Å². The van der Waals surface area contributed by atoms with Gasteiger partial charge in [-0.15, -0.1) is 0 Å². The molecule has 1 atom stereocenters. The van der Waals surface area contributed by atoms with Crippen molar-refractivity contribution < 1.29 is 18.7 Å². The SMILES string of the molecule is COc1ccc(OCC(=O)N2CCCC2c2ncc(Cc3ccccc3Cl)o2)cc1. The van der Waals surface area contributed by atoms with E-state index in [0.29, 0.717) is 29.6 Å². The summed E-state index contributed by atoms with van der Waals surface area (Å²) < 4.78 is 16.8. The summed E-state index contributed by atoms with van der Waals surface area (Å²) in [5, 5.41) is 0.698. The number of ether oxygens (including phenoxy) is 2. The van der Waals surface area contributed by atoms with Gasteiger partial charge in [-0.2, -0.15) is 0 Å². The summed E-state index contributed by atoms with van der Waals surface area (Å²) in [6.45, 7) is 0.633. The first-order valence-corrected chi connectivity index (χ1v) is 10.3. The minimum absolute atomic E-state index is 0.0317. The van der Waals surface area contributed by atoms with Crippen molar-refractivity contribution in [3.05, 3.63) is 77.0 Å². The molecule has 0 bridgehead atoms. The number of benzene rings is 2. The summed E-state index contributed by atoms with van der Waals surface area (Å²) in [5.74, 6) is 2.57. The van der Waals surface area contributed by atoms with E-state index >= 15 is 0 Å². The molecule has 1 aliphatic heterocycles. The maximum absolute atomic E-state index is 12.8. The van der Waals surface area contributed by atoms with Crippen LogP contribution in [0.5, 0.6) is 11.5 Å². The summed E-state index contributed by atoms with van der Waals surface area (Å²) in [4.78, 5) is 19.0. The number of carbonyl (C=O) groups excluding carboxylic acids is 1. The molecule has 3 aromatic rings. The third-order valence-electron chi connectivity index (χ3n) is 5.17. The number of hydrogen-bond acceptors (Lipinski definition) is 5. The largest absolute Gasteiger partial charge is 0.497 e. The molecule has 0 saturated carbocycles. The standard InChI is InChI=1S/C23H23ClN2O4/c1-28-17-8-10-18(11-9-17)29-15-22(27)26-12-4-7-21(26)23-25-14-19(30-23)13-16-5-2-3-6-20(16)24/h2-3,5-6,8-11,14,21H,4,7,12-13,15H2,1H3. The molecule has 30 heavy (non-hydrogen) atoms. The van der Waals surface area contributed by atoms with Crippen LogP contribution in [0.15, 0.2) is 59.1 Å². The molecule has 0 radical (unpaired) electrons. The molecule has 1 amide bonds. The summed E-state index contributed by atoms with van der Waals surface area (Å²) in [7, 11) is 1.61. The number of carbonyl (C=O) groups is 1. The van der Waals surface area contributed by atoms with Crippen molar-refractivity contribution >= 4 is 17.5 Å².